The molecular formula is C14H25NO2. The van der Waals surface area contributed by atoms with E-state index in [9.17, 15) is 0 Å². The molecule has 0 unspecified atom stereocenters. The monoisotopic (exact) mass is 239 g/mol. The van der Waals surface area contributed by atoms with Crippen LogP contribution in [0.4, 0.5) is 0 Å². The van der Waals surface area contributed by atoms with Gasteiger partial charge in [-0.15, -0.1) is 0 Å². The predicted octanol–water partition coefficient (Wildman–Crippen LogP) is 2.25. The van der Waals surface area contributed by atoms with E-state index >= 15 is 0 Å². The van der Waals surface area contributed by atoms with Gasteiger partial charge in [0.2, 0.25) is 0 Å². The minimum absolute atomic E-state index is 0.226. The van der Waals surface area contributed by atoms with Gasteiger partial charge in [0.1, 0.15) is 0 Å². The quantitative estimate of drug-likeness (QED) is 0.771. The van der Waals surface area contributed by atoms with Crippen molar-refractivity contribution in [2.75, 3.05) is 19.8 Å². The summed E-state index contributed by atoms with van der Waals surface area (Å²) in [5, 5.41) is 3.61. The Balaban J connectivity index is 1.42. The molecule has 1 aliphatic heterocycles. The molecule has 0 spiro atoms. The molecule has 3 rings (SSSR count). The van der Waals surface area contributed by atoms with E-state index in [0.29, 0.717) is 6.10 Å². The molecule has 98 valence electrons. The van der Waals surface area contributed by atoms with Gasteiger partial charge >= 0.3 is 0 Å². The van der Waals surface area contributed by atoms with Gasteiger partial charge < -0.3 is 14.8 Å². The maximum atomic E-state index is 6.40. The van der Waals surface area contributed by atoms with Crippen molar-refractivity contribution in [1.29, 1.82) is 0 Å². The lowest BCUT2D eigenvalue weighted by atomic mass is 9.77. The average Bonchev–Trinajstić information content (AvgIpc) is 3.11. The Morgan fingerprint density at radius 2 is 1.88 bits per heavy atom. The third-order valence-corrected chi connectivity index (χ3v) is 4.44. The lowest BCUT2D eigenvalue weighted by molar-refractivity contribution is -0.164. The maximum absolute atomic E-state index is 6.40. The van der Waals surface area contributed by atoms with Gasteiger partial charge in [0.25, 0.3) is 0 Å². The third kappa shape index (κ3) is 3.21. The topological polar surface area (TPSA) is 30.5 Å². The Morgan fingerprint density at radius 3 is 2.47 bits per heavy atom. The molecule has 3 nitrogen and oxygen atoms in total. The van der Waals surface area contributed by atoms with Crippen molar-refractivity contribution in [3.05, 3.63) is 0 Å². The van der Waals surface area contributed by atoms with Crippen LogP contribution in [0.15, 0.2) is 0 Å². The first-order valence-electron chi connectivity index (χ1n) is 7.35. The highest BCUT2D eigenvalue weighted by atomic mass is 16.5. The number of hydrogen-bond donors (Lipinski definition) is 1. The Bertz CT molecular complexity index is 243. The van der Waals surface area contributed by atoms with Gasteiger partial charge in [-0.25, -0.2) is 0 Å². The molecule has 3 heteroatoms. The van der Waals surface area contributed by atoms with Crippen molar-refractivity contribution in [2.24, 2.45) is 0 Å². The van der Waals surface area contributed by atoms with E-state index in [1.807, 2.05) is 0 Å². The van der Waals surface area contributed by atoms with Gasteiger partial charge in [-0.05, 0) is 57.9 Å². The summed E-state index contributed by atoms with van der Waals surface area (Å²) in [5.41, 5.74) is 0.226. The summed E-state index contributed by atoms with van der Waals surface area (Å²) in [6, 6.07) is 0.829. The molecule has 3 fully saturated rings. The van der Waals surface area contributed by atoms with E-state index < -0.39 is 0 Å². The van der Waals surface area contributed by atoms with Gasteiger partial charge in [-0.1, -0.05) is 0 Å². The first kappa shape index (κ1) is 11.9. The highest BCUT2D eigenvalue weighted by molar-refractivity contribution is 4.92. The first-order valence-corrected chi connectivity index (χ1v) is 7.35. The molecule has 1 saturated heterocycles. The van der Waals surface area contributed by atoms with Gasteiger partial charge in [0, 0.05) is 19.3 Å². The minimum Gasteiger partial charge on any atom is -0.381 e. The van der Waals surface area contributed by atoms with Crippen molar-refractivity contribution in [3.63, 3.8) is 0 Å². The zero-order valence-electron chi connectivity index (χ0n) is 10.7. The van der Waals surface area contributed by atoms with Gasteiger partial charge in [-0.2, -0.15) is 0 Å². The highest BCUT2D eigenvalue weighted by Gasteiger charge is 2.40. The molecule has 3 aliphatic rings. The second-order valence-corrected chi connectivity index (χ2v) is 5.94. The summed E-state index contributed by atoms with van der Waals surface area (Å²) in [6.07, 6.45) is 10.5. The summed E-state index contributed by atoms with van der Waals surface area (Å²) < 4.78 is 11.8. The lowest BCUT2D eigenvalue weighted by Gasteiger charge is -2.45. The van der Waals surface area contributed by atoms with E-state index in [1.54, 1.807) is 0 Å². The zero-order valence-corrected chi connectivity index (χ0v) is 10.7. The summed E-state index contributed by atoms with van der Waals surface area (Å²) in [5.74, 6) is 0. The molecule has 0 aromatic carbocycles. The Kier molecular flexibility index (Phi) is 3.69. The summed E-state index contributed by atoms with van der Waals surface area (Å²) in [6.45, 7) is 2.93. The normalized spacial score (nSPS) is 28.9. The van der Waals surface area contributed by atoms with Gasteiger partial charge in [0.15, 0.2) is 0 Å². The fourth-order valence-electron chi connectivity index (χ4n) is 2.94. The van der Waals surface area contributed by atoms with Crippen LogP contribution >= 0.6 is 0 Å². The molecule has 0 atom stereocenters. The second-order valence-electron chi connectivity index (χ2n) is 5.94. The molecule has 0 bridgehead atoms. The number of ether oxygens (including phenoxy) is 2. The van der Waals surface area contributed by atoms with Crippen molar-refractivity contribution in [1.82, 2.24) is 5.32 Å². The minimum atomic E-state index is 0.226. The maximum Gasteiger partial charge on any atom is 0.0698 e. The molecule has 1 heterocycles. The van der Waals surface area contributed by atoms with Crippen LogP contribution in [0.25, 0.3) is 0 Å². The van der Waals surface area contributed by atoms with Crippen LogP contribution in [0.3, 0.4) is 0 Å². The van der Waals surface area contributed by atoms with Crippen molar-refractivity contribution >= 4 is 0 Å². The molecule has 0 radical (unpaired) electrons. The summed E-state index contributed by atoms with van der Waals surface area (Å²) >= 11 is 0. The van der Waals surface area contributed by atoms with E-state index in [0.717, 1.165) is 38.6 Å². The van der Waals surface area contributed by atoms with E-state index in [1.165, 1.54) is 38.5 Å². The van der Waals surface area contributed by atoms with Crippen LogP contribution in [0, 0.1) is 0 Å². The van der Waals surface area contributed by atoms with E-state index in [2.05, 4.69) is 5.32 Å². The van der Waals surface area contributed by atoms with Crippen molar-refractivity contribution in [2.45, 2.75) is 69.1 Å². The SMILES string of the molecule is C1CC(CCNC2CC2)(OC2CCOCC2)C1. The molecule has 2 aliphatic carbocycles. The average molecular weight is 239 g/mol. The van der Waals surface area contributed by atoms with Crippen LogP contribution < -0.4 is 5.32 Å². The smallest absolute Gasteiger partial charge is 0.0698 e. The molecule has 0 amide bonds. The zero-order chi connectivity index (χ0) is 11.6. The highest BCUT2D eigenvalue weighted by Crippen LogP contribution is 2.40. The fourth-order valence-corrected chi connectivity index (χ4v) is 2.94. The van der Waals surface area contributed by atoms with Gasteiger partial charge in [-0.3, -0.25) is 0 Å². The Labute approximate surface area is 104 Å². The van der Waals surface area contributed by atoms with Gasteiger partial charge in [0.05, 0.1) is 11.7 Å². The summed E-state index contributed by atoms with van der Waals surface area (Å²) in [7, 11) is 0. The van der Waals surface area contributed by atoms with Crippen molar-refractivity contribution in [3.8, 4) is 0 Å². The number of hydrogen-bond acceptors (Lipinski definition) is 3. The Morgan fingerprint density at radius 1 is 1.12 bits per heavy atom. The van der Waals surface area contributed by atoms with Crippen LogP contribution in [0.2, 0.25) is 0 Å². The fraction of sp³-hybridized carbons (Fsp3) is 1.00. The third-order valence-electron chi connectivity index (χ3n) is 4.44. The molecule has 2 saturated carbocycles. The van der Waals surface area contributed by atoms with Crippen LogP contribution in [0.1, 0.15) is 51.4 Å². The number of rotatable bonds is 6. The standard InChI is InChI=1S/C14H25NO2/c1-6-14(7-1,8-9-15-12-2-3-12)17-13-4-10-16-11-5-13/h12-13,15H,1-11H2. The number of nitrogens with one attached hydrogen (secondary N) is 1. The van der Waals surface area contributed by atoms with E-state index in [4.69, 9.17) is 9.47 Å². The molecule has 0 aromatic heterocycles. The largest absolute Gasteiger partial charge is 0.381 e. The van der Waals surface area contributed by atoms with Crippen LogP contribution in [0.5, 0.6) is 0 Å². The summed E-state index contributed by atoms with van der Waals surface area (Å²) in [4.78, 5) is 0. The van der Waals surface area contributed by atoms with Crippen LogP contribution in [-0.2, 0) is 9.47 Å². The molecule has 0 aromatic rings. The van der Waals surface area contributed by atoms with E-state index in [-0.39, 0.29) is 5.60 Å². The first-order chi connectivity index (χ1) is 8.36. The second kappa shape index (κ2) is 5.25. The predicted molar refractivity (Wildman–Crippen MR) is 67.1 cm³/mol. The molecule has 17 heavy (non-hydrogen) atoms. The molecular weight excluding hydrogens is 214 g/mol. The Hall–Kier alpha value is -0.120. The lowest BCUT2D eigenvalue weighted by Crippen LogP contribution is -2.46. The molecule has 1 N–H and O–H groups in total. The van der Waals surface area contributed by atoms with Crippen LogP contribution in [-0.4, -0.2) is 37.5 Å². The van der Waals surface area contributed by atoms with Crippen molar-refractivity contribution < 1.29 is 9.47 Å².